The van der Waals surface area contributed by atoms with E-state index >= 15 is 0 Å². The molecule has 0 aliphatic carbocycles. The first kappa shape index (κ1) is 16.3. The molecule has 0 aromatic heterocycles. The zero-order valence-corrected chi connectivity index (χ0v) is 13.3. The van der Waals surface area contributed by atoms with Gasteiger partial charge in [-0.15, -0.1) is 0 Å². The first-order valence-electron chi connectivity index (χ1n) is 7.44. The predicted octanol–water partition coefficient (Wildman–Crippen LogP) is 3.02. The van der Waals surface area contributed by atoms with Crippen LogP contribution in [0, 0.1) is 5.92 Å². The molecule has 3 unspecified atom stereocenters. The van der Waals surface area contributed by atoms with Gasteiger partial charge in [-0.2, -0.15) is 0 Å². The molecule has 1 saturated heterocycles. The number of ether oxygens (including phenoxy) is 1. The van der Waals surface area contributed by atoms with E-state index in [-0.39, 0.29) is 12.1 Å². The highest BCUT2D eigenvalue weighted by Gasteiger charge is 2.29. The van der Waals surface area contributed by atoms with E-state index < -0.39 is 5.60 Å². The van der Waals surface area contributed by atoms with E-state index in [1.165, 1.54) is 0 Å². The van der Waals surface area contributed by atoms with Gasteiger partial charge >= 0.3 is 6.09 Å². The summed E-state index contributed by atoms with van der Waals surface area (Å²) < 4.78 is 5.33. The Morgan fingerprint density at radius 3 is 2.58 bits per heavy atom. The second-order valence-corrected chi connectivity index (χ2v) is 6.90. The first-order chi connectivity index (χ1) is 8.71. The molecule has 1 N–H and O–H groups in total. The molecule has 4 nitrogen and oxygen atoms in total. The fraction of sp³-hybridized carbons (Fsp3) is 0.933. The van der Waals surface area contributed by atoms with E-state index in [9.17, 15) is 4.79 Å². The molecule has 0 aromatic carbocycles. The number of hydrogen-bond donors (Lipinski definition) is 1. The van der Waals surface area contributed by atoms with Crippen molar-refractivity contribution in [3.05, 3.63) is 0 Å². The zero-order chi connectivity index (χ0) is 14.6. The fourth-order valence-corrected chi connectivity index (χ4v) is 2.59. The van der Waals surface area contributed by atoms with Crippen molar-refractivity contribution in [2.45, 2.75) is 72.1 Å². The number of carbonyl (C=O) groups excluding carboxylic acids is 1. The van der Waals surface area contributed by atoms with Gasteiger partial charge in [0.15, 0.2) is 0 Å². The van der Waals surface area contributed by atoms with E-state index in [4.69, 9.17) is 4.74 Å². The molecule has 0 radical (unpaired) electrons. The van der Waals surface area contributed by atoms with E-state index in [1.807, 2.05) is 20.8 Å². The number of nitrogens with zero attached hydrogens (tertiary/aromatic N) is 1. The van der Waals surface area contributed by atoms with Crippen molar-refractivity contribution in [2.24, 2.45) is 5.92 Å². The maximum Gasteiger partial charge on any atom is 0.407 e. The normalized spacial score (nSPS) is 26.8. The van der Waals surface area contributed by atoms with E-state index in [0.29, 0.717) is 12.0 Å². The minimum absolute atomic E-state index is 0.201. The number of carbonyl (C=O) groups is 1. The highest BCUT2D eigenvalue weighted by Crippen LogP contribution is 2.20. The lowest BCUT2D eigenvalue weighted by Gasteiger charge is -2.40. The van der Waals surface area contributed by atoms with Crippen LogP contribution in [0.5, 0.6) is 0 Å². The molecular formula is C15H30N2O2. The molecule has 1 heterocycles. The van der Waals surface area contributed by atoms with Gasteiger partial charge < -0.3 is 10.1 Å². The maximum atomic E-state index is 11.8. The van der Waals surface area contributed by atoms with E-state index in [2.05, 4.69) is 31.0 Å². The van der Waals surface area contributed by atoms with Gasteiger partial charge in [0.25, 0.3) is 0 Å². The Morgan fingerprint density at radius 1 is 1.42 bits per heavy atom. The molecule has 0 bridgehead atoms. The third-order valence-electron chi connectivity index (χ3n) is 3.62. The minimum Gasteiger partial charge on any atom is -0.444 e. The number of rotatable bonds is 3. The number of piperidine rings is 1. The van der Waals surface area contributed by atoms with Crippen LogP contribution < -0.4 is 5.32 Å². The van der Waals surface area contributed by atoms with Crippen molar-refractivity contribution >= 4 is 6.09 Å². The summed E-state index contributed by atoms with van der Waals surface area (Å²) in [5.74, 6) is 0.614. The molecule has 112 valence electrons. The lowest BCUT2D eigenvalue weighted by atomic mass is 9.94. The molecule has 1 aliphatic heterocycles. The molecular weight excluding hydrogens is 240 g/mol. The summed E-state index contributed by atoms with van der Waals surface area (Å²) >= 11 is 0. The second kappa shape index (κ2) is 6.60. The van der Waals surface area contributed by atoms with E-state index in [0.717, 1.165) is 25.9 Å². The van der Waals surface area contributed by atoms with Gasteiger partial charge in [-0.1, -0.05) is 13.8 Å². The van der Waals surface area contributed by atoms with Gasteiger partial charge in [-0.05, 0) is 46.5 Å². The Hall–Kier alpha value is -0.770. The van der Waals surface area contributed by atoms with E-state index in [1.54, 1.807) is 0 Å². The predicted molar refractivity (Wildman–Crippen MR) is 78.3 cm³/mol. The van der Waals surface area contributed by atoms with Crippen LogP contribution in [-0.2, 0) is 4.74 Å². The lowest BCUT2D eigenvalue weighted by molar-refractivity contribution is 0.0427. The average Bonchev–Trinajstić information content (AvgIpc) is 2.24. The summed E-state index contributed by atoms with van der Waals surface area (Å²) in [4.78, 5) is 14.3. The average molecular weight is 270 g/mol. The number of hydrogen-bond acceptors (Lipinski definition) is 3. The van der Waals surface area contributed by atoms with Crippen molar-refractivity contribution < 1.29 is 9.53 Å². The van der Waals surface area contributed by atoms with Crippen molar-refractivity contribution in [1.82, 2.24) is 10.2 Å². The summed E-state index contributed by atoms with van der Waals surface area (Å²) in [5, 5.41) is 3.01. The van der Waals surface area contributed by atoms with Crippen molar-refractivity contribution in [3.8, 4) is 0 Å². The first-order valence-corrected chi connectivity index (χ1v) is 7.44. The smallest absolute Gasteiger partial charge is 0.407 e. The highest BCUT2D eigenvalue weighted by molar-refractivity contribution is 5.68. The van der Waals surface area contributed by atoms with Gasteiger partial charge in [-0.25, -0.2) is 4.79 Å². The molecule has 1 amide bonds. The number of nitrogens with one attached hydrogen (secondary N) is 1. The van der Waals surface area contributed by atoms with Gasteiger partial charge in [0, 0.05) is 25.2 Å². The third-order valence-corrected chi connectivity index (χ3v) is 3.62. The van der Waals surface area contributed by atoms with Crippen LogP contribution in [0.25, 0.3) is 0 Å². The molecule has 3 atom stereocenters. The Kier molecular flexibility index (Phi) is 5.65. The van der Waals surface area contributed by atoms with Gasteiger partial charge in [-0.3, -0.25) is 4.90 Å². The molecule has 4 heteroatoms. The van der Waals surface area contributed by atoms with Gasteiger partial charge in [0.05, 0.1) is 0 Å². The van der Waals surface area contributed by atoms with Crippen LogP contribution in [0.15, 0.2) is 0 Å². The summed E-state index contributed by atoms with van der Waals surface area (Å²) in [6, 6.07) is 0.776. The Morgan fingerprint density at radius 2 is 2.05 bits per heavy atom. The van der Waals surface area contributed by atoms with Crippen LogP contribution in [-0.4, -0.2) is 41.8 Å². The molecule has 0 spiro atoms. The fourth-order valence-electron chi connectivity index (χ4n) is 2.59. The van der Waals surface area contributed by atoms with Crippen molar-refractivity contribution in [2.75, 3.05) is 13.1 Å². The van der Waals surface area contributed by atoms with Crippen molar-refractivity contribution in [1.29, 1.82) is 0 Å². The highest BCUT2D eigenvalue weighted by atomic mass is 16.6. The van der Waals surface area contributed by atoms with Crippen molar-refractivity contribution in [3.63, 3.8) is 0 Å². The third kappa shape index (κ3) is 5.81. The summed E-state index contributed by atoms with van der Waals surface area (Å²) in [5.41, 5.74) is -0.430. The topological polar surface area (TPSA) is 41.6 Å². The molecule has 1 aliphatic rings. The maximum absolute atomic E-state index is 11.8. The Labute approximate surface area is 117 Å². The van der Waals surface area contributed by atoms with Crippen LogP contribution in [0.4, 0.5) is 4.79 Å². The van der Waals surface area contributed by atoms with Gasteiger partial charge in [0.2, 0.25) is 0 Å². The van der Waals surface area contributed by atoms with Crippen LogP contribution in [0.3, 0.4) is 0 Å². The van der Waals surface area contributed by atoms with Gasteiger partial charge in [0.1, 0.15) is 5.60 Å². The molecule has 0 aromatic rings. The molecule has 0 saturated carbocycles. The lowest BCUT2D eigenvalue weighted by Crippen LogP contribution is -2.53. The number of alkyl carbamates (subject to hydrolysis) is 1. The number of likely N-dealkylation sites (tertiary alicyclic amines) is 1. The Bertz CT molecular complexity index is 299. The van der Waals surface area contributed by atoms with Crippen LogP contribution in [0.2, 0.25) is 0 Å². The molecule has 1 fully saturated rings. The Balaban J connectivity index is 2.51. The summed E-state index contributed by atoms with van der Waals surface area (Å²) in [6.07, 6.45) is 1.88. The molecule has 19 heavy (non-hydrogen) atoms. The minimum atomic E-state index is -0.430. The monoisotopic (exact) mass is 270 g/mol. The largest absolute Gasteiger partial charge is 0.444 e. The quantitative estimate of drug-likeness (QED) is 0.857. The van der Waals surface area contributed by atoms with Crippen LogP contribution >= 0.6 is 0 Å². The zero-order valence-electron chi connectivity index (χ0n) is 13.3. The number of amides is 1. The second-order valence-electron chi connectivity index (χ2n) is 6.90. The standard InChI is InChI=1S/C15H30N2O2/c1-7-12(3)17-9-11(2)8-13(10-17)16-14(18)19-15(4,5)6/h11-13H,7-10H2,1-6H3,(H,16,18). The SMILES string of the molecule is CCC(C)N1CC(C)CC(NC(=O)OC(C)(C)C)C1. The summed E-state index contributed by atoms with van der Waals surface area (Å²) in [6.45, 7) is 14.4. The van der Waals surface area contributed by atoms with Crippen LogP contribution in [0.1, 0.15) is 54.4 Å². The molecule has 1 rings (SSSR count). The summed E-state index contributed by atoms with van der Waals surface area (Å²) in [7, 11) is 0.